The van der Waals surface area contributed by atoms with Gasteiger partial charge in [-0.2, -0.15) is 10.1 Å². The van der Waals surface area contributed by atoms with E-state index < -0.39 is 0 Å². The van der Waals surface area contributed by atoms with E-state index in [0.717, 1.165) is 22.3 Å². The molecule has 0 N–H and O–H groups in total. The van der Waals surface area contributed by atoms with E-state index >= 15 is 0 Å². The molecular formula is C20H17BrN2O3. The molecule has 1 saturated heterocycles. The first-order valence-corrected chi connectivity index (χ1v) is 9.35. The van der Waals surface area contributed by atoms with Gasteiger partial charge in [0.2, 0.25) is 0 Å². The smallest absolute Gasteiger partial charge is 0.254 e. The molecule has 5 nitrogen and oxygen atoms in total. The van der Waals surface area contributed by atoms with Crippen molar-refractivity contribution in [2.24, 2.45) is 28.8 Å². The number of hydrazone groups is 1. The number of carbonyl (C=O) groups is 2. The lowest BCUT2D eigenvalue weighted by molar-refractivity contribution is -0.140. The molecule has 132 valence electrons. The first-order chi connectivity index (χ1) is 12.6. The van der Waals surface area contributed by atoms with Crippen LogP contribution in [-0.2, 0) is 9.59 Å². The molecule has 5 rings (SSSR count). The van der Waals surface area contributed by atoms with E-state index in [9.17, 15) is 9.59 Å². The minimum atomic E-state index is -0.261. The van der Waals surface area contributed by atoms with Crippen LogP contribution in [0.5, 0.6) is 5.75 Å². The summed E-state index contributed by atoms with van der Waals surface area (Å²) in [5.74, 6) is 2.36. The van der Waals surface area contributed by atoms with Crippen LogP contribution in [-0.4, -0.2) is 29.6 Å². The molecule has 0 unspecified atom stereocenters. The van der Waals surface area contributed by atoms with Gasteiger partial charge in [-0.15, -0.1) is 6.42 Å². The van der Waals surface area contributed by atoms with E-state index in [4.69, 9.17) is 11.2 Å². The zero-order chi connectivity index (χ0) is 18.3. The van der Waals surface area contributed by atoms with E-state index in [1.807, 2.05) is 6.07 Å². The van der Waals surface area contributed by atoms with Crippen LogP contribution in [0.1, 0.15) is 18.4 Å². The van der Waals surface area contributed by atoms with Gasteiger partial charge in [0.15, 0.2) is 0 Å². The van der Waals surface area contributed by atoms with Gasteiger partial charge >= 0.3 is 0 Å². The second kappa shape index (κ2) is 6.73. The van der Waals surface area contributed by atoms with Crippen molar-refractivity contribution in [1.82, 2.24) is 5.01 Å². The summed E-state index contributed by atoms with van der Waals surface area (Å²) in [6.45, 7) is 0.128. The molecule has 3 aliphatic carbocycles. The van der Waals surface area contributed by atoms with Gasteiger partial charge in [0.05, 0.1) is 18.1 Å². The average Bonchev–Trinajstić information content (AvgIpc) is 2.93. The van der Waals surface area contributed by atoms with Crippen molar-refractivity contribution in [2.75, 3.05) is 6.61 Å². The largest absolute Gasteiger partial charge is 0.480 e. The number of imide groups is 1. The maximum atomic E-state index is 12.8. The maximum absolute atomic E-state index is 12.8. The Kier molecular flexibility index (Phi) is 4.41. The van der Waals surface area contributed by atoms with Crippen LogP contribution in [0.15, 0.2) is 39.9 Å². The molecule has 2 fully saturated rings. The third kappa shape index (κ3) is 2.77. The lowest BCUT2D eigenvalue weighted by Gasteiger charge is -2.37. The normalized spacial score (nSPS) is 29.3. The Morgan fingerprint density at radius 2 is 1.88 bits per heavy atom. The zero-order valence-electron chi connectivity index (χ0n) is 14.0. The Morgan fingerprint density at radius 3 is 2.46 bits per heavy atom. The number of allylic oxidation sites excluding steroid dienone is 2. The zero-order valence-corrected chi connectivity index (χ0v) is 15.6. The number of rotatable bonds is 4. The number of hydrogen-bond acceptors (Lipinski definition) is 4. The van der Waals surface area contributed by atoms with Crippen molar-refractivity contribution in [3.8, 4) is 18.1 Å². The van der Waals surface area contributed by atoms with E-state index in [2.05, 4.69) is 39.1 Å². The van der Waals surface area contributed by atoms with Gasteiger partial charge in [-0.1, -0.05) is 34.0 Å². The molecular weight excluding hydrogens is 396 g/mol. The summed E-state index contributed by atoms with van der Waals surface area (Å²) in [7, 11) is 0. The van der Waals surface area contributed by atoms with E-state index in [1.54, 1.807) is 12.1 Å². The fourth-order valence-corrected chi connectivity index (χ4v) is 4.54. The summed E-state index contributed by atoms with van der Waals surface area (Å²) < 4.78 is 6.34. The second-order valence-electron chi connectivity index (χ2n) is 6.75. The van der Waals surface area contributed by atoms with Crippen molar-refractivity contribution < 1.29 is 14.3 Å². The number of nitrogens with zero attached hydrogens (tertiary/aromatic N) is 2. The van der Waals surface area contributed by atoms with Crippen LogP contribution in [0.2, 0.25) is 0 Å². The van der Waals surface area contributed by atoms with Gasteiger partial charge in [-0.05, 0) is 42.9 Å². The highest BCUT2D eigenvalue weighted by Gasteiger charge is 2.56. The van der Waals surface area contributed by atoms with Crippen LogP contribution in [0.3, 0.4) is 0 Å². The molecule has 1 aromatic carbocycles. The summed E-state index contributed by atoms with van der Waals surface area (Å²) in [6.07, 6.45) is 12.8. The molecule has 2 amide bonds. The van der Waals surface area contributed by atoms with Crippen molar-refractivity contribution in [3.63, 3.8) is 0 Å². The van der Waals surface area contributed by atoms with Crippen molar-refractivity contribution >= 4 is 34.0 Å². The van der Waals surface area contributed by atoms with Crippen molar-refractivity contribution in [2.45, 2.75) is 12.8 Å². The summed E-state index contributed by atoms with van der Waals surface area (Å²) in [4.78, 5) is 25.6. The first kappa shape index (κ1) is 17.0. The van der Waals surface area contributed by atoms with Crippen LogP contribution < -0.4 is 4.74 Å². The van der Waals surface area contributed by atoms with Crippen LogP contribution in [0, 0.1) is 36.0 Å². The molecule has 0 aromatic heterocycles. The van der Waals surface area contributed by atoms with Crippen LogP contribution in [0.25, 0.3) is 0 Å². The van der Waals surface area contributed by atoms with E-state index in [-0.39, 0.29) is 42.1 Å². The standard InChI is InChI=1S/C20H17BrN2O3/c1-2-9-26-16-8-7-15(21)10-14(16)11-22-23-19(24)17-12-3-4-13(6-5-12)18(17)20(23)25/h1,3-4,7-8,10-13,17-18H,5-6,9H2/b22-11-/t12-,13-,17+,18+/m1/s1. The summed E-state index contributed by atoms with van der Waals surface area (Å²) in [5.41, 5.74) is 0.645. The fraction of sp³-hybridized carbons (Fsp3) is 0.350. The molecule has 6 heteroatoms. The lowest BCUT2D eigenvalue weighted by Crippen LogP contribution is -2.38. The van der Waals surface area contributed by atoms with Gasteiger partial charge in [0, 0.05) is 10.0 Å². The molecule has 26 heavy (non-hydrogen) atoms. The van der Waals surface area contributed by atoms with Gasteiger partial charge < -0.3 is 4.74 Å². The first-order valence-electron chi connectivity index (χ1n) is 8.56. The average molecular weight is 413 g/mol. The summed E-state index contributed by atoms with van der Waals surface area (Å²) >= 11 is 3.40. The molecule has 4 atom stereocenters. The Morgan fingerprint density at radius 1 is 1.23 bits per heavy atom. The number of ether oxygens (including phenoxy) is 1. The number of hydrogen-bond donors (Lipinski definition) is 0. The topological polar surface area (TPSA) is 59.0 Å². The molecule has 1 saturated carbocycles. The Bertz CT molecular complexity index is 838. The Hall–Kier alpha value is -2.39. The third-order valence-electron chi connectivity index (χ3n) is 5.33. The molecule has 1 aliphatic heterocycles. The molecule has 4 aliphatic rings. The highest BCUT2D eigenvalue weighted by Crippen LogP contribution is 2.49. The van der Waals surface area contributed by atoms with E-state index in [0.29, 0.717) is 11.3 Å². The number of carbonyl (C=O) groups excluding carboxylic acids is 2. The predicted molar refractivity (Wildman–Crippen MR) is 100 cm³/mol. The maximum Gasteiger partial charge on any atom is 0.254 e. The second-order valence-corrected chi connectivity index (χ2v) is 7.66. The minimum absolute atomic E-state index is 0.128. The fourth-order valence-electron chi connectivity index (χ4n) is 4.16. The highest BCUT2D eigenvalue weighted by molar-refractivity contribution is 9.10. The minimum Gasteiger partial charge on any atom is -0.480 e. The molecule has 2 bridgehead atoms. The van der Waals surface area contributed by atoms with Gasteiger partial charge in [0.25, 0.3) is 11.8 Å². The molecule has 0 spiro atoms. The molecule has 0 radical (unpaired) electrons. The predicted octanol–water partition coefficient (Wildman–Crippen LogP) is 2.99. The number of amides is 2. The highest BCUT2D eigenvalue weighted by atomic mass is 79.9. The third-order valence-corrected chi connectivity index (χ3v) is 5.82. The van der Waals surface area contributed by atoms with Gasteiger partial charge in [-0.25, -0.2) is 0 Å². The van der Waals surface area contributed by atoms with Crippen molar-refractivity contribution in [1.29, 1.82) is 0 Å². The van der Waals surface area contributed by atoms with Crippen molar-refractivity contribution in [3.05, 3.63) is 40.4 Å². The Labute approximate surface area is 160 Å². The van der Waals surface area contributed by atoms with Gasteiger partial charge in [0.1, 0.15) is 12.4 Å². The van der Waals surface area contributed by atoms with E-state index in [1.165, 1.54) is 6.21 Å². The van der Waals surface area contributed by atoms with Crippen LogP contribution in [0.4, 0.5) is 0 Å². The van der Waals surface area contributed by atoms with Gasteiger partial charge in [-0.3, -0.25) is 9.59 Å². The monoisotopic (exact) mass is 412 g/mol. The summed E-state index contributed by atoms with van der Waals surface area (Å²) in [6, 6.07) is 5.40. The van der Waals surface area contributed by atoms with Crippen LogP contribution >= 0.6 is 15.9 Å². The quantitative estimate of drug-likeness (QED) is 0.330. The molecule has 1 heterocycles. The number of fused-ring (bicyclic) bond motifs is 1. The summed E-state index contributed by atoms with van der Waals surface area (Å²) in [5, 5.41) is 5.26. The SMILES string of the molecule is C#CCOc1ccc(Br)cc1/C=N\N1C(=O)[C@@H]2[C@@H](C1=O)[C@@H]1C=C[C@@H]2CC1. The number of halogens is 1. The lowest BCUT2D eigenvalue weighted by atomic mass is 9.63. The Balaban J connectivity index is 1.60. The number of terminal acetylenes is 1. The molecule has 1 aromatic rings. The number of benzene rings is 1.